The van der Waals surface area contributed by atoms with Crippen molar-refractivity contribution in [2.24, 2.45) is 7.05 Å². The van der Waals surface area contributed by atoms with E-state index in [0.717, 1.165) is 22.4 Å². The maximum absolute atomic E-state index is 12.3. The average molecular weight is 323 g/mol. The first-order valence-electron chi connectivity index (χ1n) is 7.71. The van der Waals surface area contributed by atoms with Gasteiger partial charge in [0.25, 0.3) is 5.91 Å². The molecular weight excluding hydrogens is 306 g/mol. The SMILES string of the molecule is Cc1nc2cc(CNC(=O)c3ccc4c(c3)OCO4)ccc2n1C. The number of carbonyl (C=O) groups is 1. The monoisotopic (exact) mass is 323 g/mol. The molecule has 1 amide bonds. The second-order valence-corrected chi connectivity index (χ2v) is 5.79. The lowest BCUT2D eigenvalue weighted by Gasteiger charge is -2.06. The molecule has 1 aliphatic heterocycles. The minimum atomic E-state index is -0.148. The topological polar surface area (TPSA) is 65.4 Å². The molecule has 2 heterocycles. The first-order valence-corrected chi connectivity index (χ1v) is 7.71. The summed E-state index contributed by atoms with van der Waals surface area (Å²) in [5.74, 6) is 2.09. The fraction of sp³-hybridized carbons (Fsp3) is 0.222. The van der Waals surface area contributed by atoms with Crippen LogP contribution in [-0.2, 0) is 13.6 Å². The van der Waals surface area contributed by atoms with Gasteiger partial charge in [0.1, 0.15) is 5.82 Å². The molecule has 1 aliphatic rings. The van der Waals surface area contributed by atoms with E-state index in [4.69, 9.17) is 9.47 Å². The fourth-order valence-corrected chi connectivity index (χ4v) is 2.80. The predicted molar refractivity (Wildman–Crippen MR) is 89.2 cm³/mol. The Bertz CT molecular complexity index is 946. The molecule has 0 saturated heterocycles. The van der Waals surface area contributed by atoms with Gasteiger partial charge < -0.3 is 19.4 Å². The second-order valence-electron chi connectivity index (χ2n) is 5.79. The van der Waals surface area contributed by atoms with Crippen LogP contribution in [0.2, 0.25) is 0 Å². The number of aryl methyl sites for hydroxylation is 2. The van der Waals surface area contributed by atoms with Gasteiger partial charge in [-0.15, -0.1) is 0 Å². The molecule has 0 fully saturated rings. The van der Waals surface area contributed by atoms with Crippen molar-refractivity contribution in [2.75, 3.05) is 6.79 Å². The molecule has 0 unspecified atom stereocenters. The Morgan fingerprint density at radius 3 is 2.92 bits per heavy atom. The summed E-state index contributed by atoms with van der Waals surface area (Å²) in [6.07, 6.45) is 0. The number of benzene rings is 2. The Balaban J connectivity index is 1.49. The lowest BCUT2D eigenvalue weighted by atomic mass is 10.1. The van der Waals surface area contributed by atoms with Crippen molar-refractivity contribution < 1.29 is 14.3 Å². The Labute approximate surface area is 139 Å². The normalized spacial score (nSPS) is 12.6. The van der Waals surface area contributed by atoms with E-state index in [9.17, 15) is 4.79 Å². The highest BCUT2D eigenvalue weighted by Crippen LogP contribution is 2.32. The molecule has 0 atom stereocenters. The fourth-order valence-electron chi connectivity index (χ4n) is 2.80. The summed E-state index contributed by atoms with van der Waals surface area (Å²) in [4.78, 5) is 16.8. The molecule has 1 aromatic heterocycles. The van der Waals surface area contributed by atoms with Gasteiger partial charge in [-0.2, -0.15) is 0 Å². The zero-order valence-electron chi connectivity index (χ0n) is 13.5. The third-order valence-corrected chi connectivity index (χ3v) is 4.26. The predicted octanol–water partition coefficient (Wildman–Crippen LogP) is 2.54. The number of hydrogen-bond acceptors (Lipinski definition) is 4. The van der Waals surface area contributed by atoms with Crippen LogP contribution in [0.3, 0.4) is 0 Å². The minimum Gasteiger partial charge on any atom is -0.454 e. The third-order valence-electron chi connectivity index (χ3n) is 4.26. The van der Waals surface area contributed by atoms with Crippen LogP contribution in [0.4, 0.5) is 0 Å². The first kappa shape index (κ1) is 14.6. The van der Waals surface area contributed by atoms with Crippen molar-refractivity contribution >= 4 is 16.9 Å². The molecule has 4 rings (SSSR count). The van der Waals surface area contributed by atoms with E-state index in [1.807, 2.05) is 36.7 Å². The molecule has 0 saturated carbocycles. The second kappa shape index (κ2) is 5.56. The summed E-state index contributed by atoms with van der Waals surface area (Å²) in [5.41, 5.74) is 3.58. The van der Waals surface area contributed by atoms with Crippen molar-refractivity contribution in [3.63, 3.8) is 0 Å². The van der Waals surface area contributed by atoms with Crippen molar-refractivity contribution in [3.05, 3.63) is 53.3 Å². The minimum absolute atomic E-state index is 0.148. The van der Waals surface area contributed by atoms with E-state index in [-0.39, 0.29) is 12.7 Å². The van der Waals surface area contributed by atoms with Gasteiger partial charge in [-0.3, -0.25) is 4.79 Å². The van der Waals surface area contributed by atoms with Crippen molar-refractivity contribution in [1.29, 1.82) is 0 Å². The van der Waals surface area contributed by atoms with Crippen LogP contribution in [0, 0.1) is 6.92 Å². The van der Waals surface area contributed by atoms with E-state index in [1.165, 1.54) is 0 Å². The number of ether oxygens (including phenoxy) is 2. The number of rotatable bonds is 3. The van der Waals surface area contributed by atoms with Gasteiger partial charge in [0.15, 0.2) is 11.5 Å². The van der Waals surface area contributed by atoms with Crippen molar-refractivity contribution in [2.45, 2.75) is 13.5 Å². The lowest BCUT2D eigenvalue weighted by molar-refractivity contribution is 0.0950. The van der Waals surface area contributed by atoms with Crippen molar-refractivity contribution in [1.82, 2.24) is 14.9 Å². The zero-order chi connectivity index (χ0) is 16.7. The van der Waals surface area contributed by atoms with Crippen LogP contribution in [0.1, 0.15) is 21.7 Å². The Morgan fingerprint density at radius 1 is 1.21 bits per heavy atom. The summed E-state index contributed by atoms with van der Waals surface area (Å²) in [6.45, 7) is 2.61. The van der Waals surface area contributed by atoms with Gasteiger partial charge in [-0.05, 0) is 42.8 Å². The molecule has 0 radical (unpaired) electrons. The standard InChI is InChI=1S/C18H17N3O3/c1-11-20-14-7-12(3-5-15(14)21(11)2)9-19-18(22)13-4-6-16-17(8-13)24-10-23-16/h3-8H,9-10H2,1-2H3,(H,19,22). The number of nitrogens with zero attached hydrogens (tertiary/aromatic N) is 2. The number of fused-ring (bicyclic) bond motifs is 2. The summed E-state index contributed by atoms with van der Waals surface area (Å²) >= 11 is 0. The first-order chi connectivity index (χ1) is 11.6. The number of imidazole rings is 1. The van der Waals surface area contributed by atoms with Gasteiger partial charge in [0.05, 0.1) is 11.0 Å². The third kappa shape index (κ3) is 2.46. The number of amides is 1. The van der Waals surface area contributed by atoms with Crippen LogP contribution in [0.5, 0.6) is 11.5 Å². The summed E-state index contributed by atoms with van der Waals surface area (Å²) < 4.78 is 12.6. The molecule has 3 aromatic rings. The molecule has 2 aromatic carbocycles. The van der Waals surface area contributed by atoms with E-state index in [1.54, 1.807) is 18.2 Å². The highest BCUT2D eigenvalue weighted by atomic mass is 16.7. The summed E-state index contributed by atoms with van der Waals surface area (Å²) in [5, 5.41) is 2.92. The number of carbonyl (C=O) groups excluding carboxylic acids is 1. The molecule has 6 heteroatoms. The lowest BCUT2D eigenvalue weighted by Crippen LogP contribution is -2.22. The van der Waals surface area contributed by atoms with Gasteiger partial charge >= 0.3 is 0 Å². The summed E-state index contributed by atoms with van der Waals surface area (Å²) in [6, 6.07) is 11.2. The van der Waals surface area contributed by atoms with Crippen LogP contribution in [0.25, 0.3) is 11.0 Å². The van der Waals surface area contributed by atoms with Crippen LogP contribution >= 0.6 is 0 Å². The van der Waals surface area contributed by atoms with E-state index in [0.29, 0.717) is 23.6 Å². The molecule has 0 bridgehead atoms. The van der Waals surface area contributed by atoms with Gasteiger partial charge in [-0.1, -0.05) is 6.07 Å². The number of nitrogens with one attached hydrogen (secondary N) is 1. The Morgan fingerprint density at radius 2 is 2.04 bits per heavy atom. The van der Waals surface area contributed by atoms with Gasteiger partial charge in [0, 0.05) is 19.2 Å². The average Bonchev–Trinajstić information content (AvgIpc) is 3.16. The highest BCUT2D eigenvalue weighted by molar-refractivity contribution is 5.95. The summed E-state index contributed by atoms with van der Waals surface area (Å²) in [7, 11) is 1.99. The molecule has 122 valence electrons. The Kier molecular flexibility index (Phi) is 3.37. The molecule has 6 nitrogen and oxygen atoms in total. The van der Waals surface area contributed by atoms with Crippen molar-refractivity contribution in [3.8, 4) is 11.5 Å². The maximum Gasteiger partial charge on any atom is 0.251 e. The largest absolute Gasteiger partial charge is 0.454 e. The van der Waals surface area contributed by atoms with E-state index in [2.05, 4.69) is 10.3 Å². The van der Waals surface area contributed by atoms with E-state index < -0.39 is 0 Å². The van der Waals surface area contributed by atoms with Crippen LogP contribution in [-0.4, -0.2) is 22.3 Å². The Hall–Kier alpha value is -3.02. The van der Waals surface area contributed by atoms with Crippen LogP contribution < -0.4 is 14.8 Å². The van der Waals surface area contributed by atoms with Gasteiger partial charge in [-0.25, -0.2) is 4.98 Å². The smallest absolute Gasteiger partial charge is 0.251 e. The zero-order valence-corrected chi connectivity index (χ0v) is 13.5. The molecule has 0 aliphatic carbocycles. The number of aromatic nitrogens is 2. The molecule has 1 N–H and O–H groups in total. The van der Waals surface area contributed by atoms with E-state index >= 15 is 0 Å². The molecule has 0 spiro atoms. The quantitative estimate of drug-likeness (QED) is 0.804. The highest BCUT2D eigenvalue weighted by Gasteiger charge is 2.16. The number of hydrogen-bond donors (Lipinski definition) is 1. The van der Waals surface area contributed by atoms with Gasteiger partial charge in [0.2, 0.25) is 6.79 Å². The maximum atomic E-state index is 12.3. The molecule has 24 heavy (non-hydrogen) atoms. The molecular formula is C18H17N3O3. The van der Waals surface area contributed by atoms with Crippen LogP contribution in [0.15, 0.2) is 36.4 Å².